The SMILES string of the molecule is Cc1c2cccccc-2n(-c2ccccc2)c1=O. The molecule has 0 bridgehead atoms. The van der Waals surface area contributed by atoms with E-state index in [1.807, 2.05) is 67.6 Å². The van der Waals surface area contributed by atoms with Crippen LogP contribution in [0.4, 0.5) is 0 Å². The average Bonchev–Trinajstić information content (AvgIpc) is 2.60. The summed E-state index contributed by atoms with van der Waals surface area (Å²) in [5.74, 6) is 0. The van der Waals surface area contributed by atoms with Gasteiger partial charge in [0.05, 0.1) is 5.69 Å². The summed E-state index contributed by atoms with van der Waals surface area (Å²) in [6, 6.07) is 19.6. The van der Waals surface area contributed by atoms with Crippen LogP contribution >= 0.6 is 0 Å². The van der Waals surface area contributed by atoms with Crippen molar-refractivity contribution < 1.29 is 0 Å². The van der Waals surface area contributed by atoms with Crippen molar-refractivity contribution in [3.05, 3.63) is 76.6 Å². The van der Waals surface area contributed by atoms with E-state index in [4.69, 9.17) is 0 Å². The number of para-hydroxylation sites is 1. The molecule has 0 unspecified atom stereocenters. The first-order chi connectivity index (χ1) is 8.79. The smallest absolute Gasteiger partial charge is 0.259 e. The van der Waals surface area contributed by atoms with Crippen molar-refractivity contribution >= 4 is 0 Å². The molecule has 0 N–H and O–H groups in total. The summed E-state index contributed by atoms with van der Waals surface area (Å²) >= 11 is 0. The van der Waals surface area contributed by atoms with E-state index in [0.29, 0.717) is 0 Å². The number of hydrogen-bond acceptors (Lipinski definition) is 1. The van der Waals surface area contributed by atoms with Gasteiger partial charge in [0.1, 0.15) is 0 Å². The number of aromatic nitrogens is 1. The van der Waals surface area contributed by atoms with E-state index in [1.165, 1.54) is 0 Å². The van der Waals surface area contributed by atoms with Gasteiger partial charge in [0, 0.05) is 16.8 Å². The molecule has 0 radical (unpaired) electrons. The molecule has 1 aliphatic heterocycles. The zero-order valence-corrected chi connectivity index (χ0v) is 10.1. The minimum absolute atomic E-state index is 0.0578. The fourth-order valence-corrected chi connectivity index (χ4v) is 2.28. The summed E-state index contributed by atoms with van der Waals surface area (Å²) < 4.78 is 1.77. The Bertz CT molecular complexity index is 713. The van der Waals surface area contributed by atoms with Gasteiger partial charge in [-0.2, -0.15) is 0 Å². The van der Waals surface area contributed by atoms with Crippen LogP contribution in [0, 0.1) is 6.92 Å². The standard InChI is InChI=1S/C16H13NO/c1-12-14-10-6-3-7-11-15(14)17(16(12)18)13-8-4-2-5-9-13/h2-11H,1H3. The van der Waals surface area contributed by atoms with Gasteiger partial charge >= 0.3 is 0 Å². The number of benzene rings is 1. The average molecular weight is 235 g/mol. The Morgan fingerprint density at radius 1 is 0.833 bits per heavy atom. The molecule has 1 aromatic carbocycles. The summed E-state index contributed by atoms with van der Waals surface area (Å²) in [7, 11) is 0. The Labute approximate surface area is 105 Å². The Hall–Kier alpha value is -2.35. The molecule has 1 aromatic rings. The lowest BCUT2D eigenvalue weighted by atomic mass is 10.1. The summed E-state index contributed by atoms with van der Waals surface area (Å²) in [5, 5.41) is 0. The molecule has 0 fully saturated rings. The fraction of sp³-hybridized carbons (Fsp3) is 0.0625. The first-order valence-electron chi connectivity index (χ1n) is 5.95. The third-order valence-corrected chi connectivity index (χ3v) is 3.20. The molecule has 2 nitrogen and oxygen atoms in total. The van der Waals surface area contributed by atoms with Gasteiger partial charge in [-0.15, -0.1) is 0 Å². The monoisotopic (exact) mass is 235 g/mol. The first-order valence-corrected chi connectivity index (χ1v) is 5.95. The van der Waals surface area contributed by atoms with Gasteiger partial charge in [-0.25, -0.2) is 0 Å². The summed E-state index contributed by atoms with van der Waals surface area (Å²) in [6.45, 7) is 1.88. The lowest BCUT2D eigenvalue weighted by Gasteiger charge is -2.04. The molecule has 1 heterocycles. The summed E-state index contributed by atoms with van der Waals surface area (Å²) in [4.78, 5) is 12.4. The molecule has 3 rings (SSSR count). The Morgan fingerprint density at radius 3 is 2.17 bits per heavy atom. The topological polar surface area (TPSA) is 22.0 Å². The normalized spacial score (nSPS) is 10.7. The van der Waals surface area contributed by atoms with E-state index in [0.717, 1.165) is 22.5 Å². The van der Waals surface area contributed by atoms with Crippen molar-refractivity contribution in [1.82, 2.24) is 4.57 Å². The van der Waals surface area contributed by atoms with Crippen molar-refractivity contribution in [2.45, 2.75) is 6.92 Å². The van der Waals surface area contributed by atoms with E-state index in [-0.39, 0.29) is 5.56 Å². The van der Waals surface area contributed by atoms with E-state index in [2.05, 4.69) is 0 Å². The van der Waals surface area contributed by atoms with Crippen LogP contribution in [0.3, 0.4) is 0 Å². The molecule has 0 saturated carbocycles. The lowest BCUT2D eigenvalue weighted by molar-refractivity contribution is 1.03. The molecular weight excluding hydrogens is 222 g/mol. The second-order valence-corrected chi connectivity index (χ2v) is 4.31. The molecule has 88 valence electrons. The Morgan fingerprint density at radius 2 is 1.44 bits per heavy atom. The second kappa shape index (κ2) is 4.15. The van der Waals surface area contributed by atoms with Crippen LogP contribution in [0.15, 0.2) is 65.5 Å². The lowest BCUT2D eigenvalue weighted by Crippen LogP contribution is -2.14. The van der Waals surface area contributed by atoms with Crippen LogP contribution in [0.2, 0.25) is 0 Å². The maximum atomic E-state index is 12.4. The van der Waals surface area contributed by atoms with Crippen LogP contribution < -0.4 is 5.56 Å². The highest BCUT2D eigenvalue weighted by Crippen LogP contribution is 2.25. The zero-order valence-electron chi connectivity index (χ0n) is 10.1. The van der Waals surface area contributed by atoms with Crippen molar-refractivity contribution in [2.75, 3.05) is 0 Å². The highest BCUT2D eigenvalue weighted by molar-refractivity contribution is 5.68. The van der Waals surface area contributed by atoms with Crippen LogP contribution in [0.25, 0.3) is 16.9 Å². The molecule has 0 amide bonds. The number of nitrogens with zero attached hydrogens (tertiary/aromatic N) is 1. The van der Waals surface area contributed by atoms with Crippen LogP contribution in [0.5, 0.6) is 0 Å². The van der Waals surface area contributed by atoms with E-state index >= 15 is 0 Å². The van der Waals surface area contributed by atoms with Gasteiger partial charge in [0.15, 0.2) is 0 Å². The van der Waals surface area contributed by atoms with Crippen molar-refractivity contribution in [1.29, 1.82) is 0 Å². The van der Waals surface area contributed by atoms with Crippen LogP contribution in [-0.2, 0) is 0 Å². The van der Waals surface area contributed by atoms with E-state index < -0.39 is 0 Å². The quantitative estimate of drug-likeness (QED) is 0.634. The highest BCUT2D eigenvalue weighted by Gasteiger charge is 2.16. The van der Waals surface area contributed by atoms with Gasteiger partial charge < -0.3 is 0 Å². The molecule has 0 atom stereocenters. The van der Waals surface area contributed by atoms with Gasteiger partial charge in [-0.1, -0.05) is 42.5 Å². The first kappa shape index (κ1) is 10.8. The van der Waals surface area contributed by atoms with E-state index in [1.54, 1.807) is 4.57 Å². The third-order valence-electron chi connectivity index (χ3n) is 3.20. The van der Waals surface area contributed by atoms with Crippen molar-refractivity contribution in [3.63, 3.8) is 0 Å². The minimum Gasteiger partial charge on any atom is -0.277 e. The second-order valence-electron chi connectivity index (χ2n) is 4.31. The minimum atomic E-state index is 0.0578. The number of hydrogen-bond donors (Lipinski definition) is 0. The third kappa shape index (κ3) is 1.54. The van der Waals surface area contributed by atoms with Gasteiger partial charge in [-0.3, -0.25) is 9.36 Å². The molecule has 0 saturated heterocycles. The molecule has 0 aromatic heterocycles. The molecule has 2 heteroatoms. The summed E-state index contributed by atoms with van der Waals surface area (Å²) in [6.07, 6.45) is 0. The Balaban J connectivity index is 2.40. The molecule has 2 aliphatic rings. The predicted molar refractivity (Wildman–Crippen MR) is 73.4 cm³/mol. The van der Waals surface area contributed by atoms with Crippen LogP contribution in [-0.4, -0.2) is 4.57 Å². The van der Waals surface area contributed by atoms with Crippen LogP contribution in [0.1, 0.15) is 5.56 Å². The predicted octanol–water partition coefficient (Wildman–Crippen LogP) is 3.25. The Kier molecular flexibility index (Phi) is 2.49. The van der Waals surface area contributed by atoms with Crippen molar-refractivity contribution in [3.8, 4) is 16.9 Å². The van der Waals surface area contributed by atoms with Crippen molar-refractivity contribution in [2.24, 2.45) is 0 Å². The molecule has 0 spiro atoms. The molecular formula is C16H13NO. The van der Waals surface area contributed by atoms with Gasteiger partial charge in [0.25, 0.3) is 5.56 Å². The van der Waals surface area contributed by atoms with E-state index in [9.17, 15) is 4.79 Å². The highest BCUT2D eigenvalue weighted by atomic mass is 16.1. The number of fused-ring (bicyclic) bond motifs is 1. The molecule has 18 heavy (non-hydrogen) atoms. The van der Waals surface area contributed by atoms with Gasteiger partial charge in [-0.05, 0) is 25.1 Å². The zero-order chi connectivity index (χ0) is 12.5. The largest absolute Gasteiger partial charge is 0.277 e. The molecule has 1 aliphatic carbocycles. The summed E-state index contributed by atoms with van der Waals surface area (Å²) in [5.41, 5.74) is 3.72. The van der Waals surface area contributed by atoms with Gasteiger partial charge in [0.2, 0.25) is 0 Å². The maximum Gasteiger partial charge on any atom is 0.259 e. The maximum absolute atomic E-state index is 12.4. The fourth-order valence-electron chi connectivity index (χ4n) is 2.28. The number of rotatable bonds is 1.